The van der Waals surface area contributed by atoms with Gasteiger partial charge in [-0.2, -0.15) is 0 Å². The lowest BCUT2D eigenvalue weighted by Crippen LogP contribution is -2.45. The van der Waals surface area contributed by atoms with E-state index in [0.717, 1.165) is 19.3 Å². The van der Waals surface area contributed by atoms with Crippen molar-refractivity contribution in [2.45, 2.75) is 33.1 Å². The minimum absolute atomic E-state index is 0.0380. The van der Waals surface area contributed by atoms with Gasteiger partial charge >= 0.3 is 5.97 Å². The lowest BCUT2D eigenvalue weighted by atomic mass is 9.95. The van der Waals surface area contributed by atoms with Gasteiger partial charge < -0.3 is 20.1 Å². The number of benzene rings is 1. The van der Waals surface area contributed by atoms with Gasteiger partial charge in [0.05, 0.1) is 10.9 Å². The number of carbonyl (C=O) groups is 3. The molecule has 7 nitrogen and oxygen atoms in total. The van der Waals surface area contributed by atoms with Crippen molar-refractivity contribution in [2.75, 3.05) is 25.0 Å². The number of nitrogens with zero attached hydrogens (tertiary/aromatic N) is 1. The number of nitrogens with one attached hydrogen (secondary N) is 1. The molecule has 1 fully saturated rings. The third kappa shape index (κ3) is 5.85. The number of hydrogen-bond donors (Lipinski definition) is 2. The number of ether oxygens (including phenoxy) is 1. The fourth-order valence-corrected chi connectivity index (χ4v) is 3.19. The average molecular weight is 397 g/mol. The van der Waals surface area contributed by atoms with Gasteiger partial charge in [-0.3, -0.25) is 9.59 Å². The zero-order valence-corrected chi connectivity index (χ0v) is 16.3. The smallest absolute Gasteiger partial charge is 0.341 e. The maximum Gasteiger partial charge on any atom is 0.341 e. The number of halogens is 1. The summed E-state index contributed by atoms with van der Waals surface area (Å²) >= 11 is 6.08. The number of carbonyl (C=O) groups excluding carboxylic acids is 2. The number of hydrogen-bond acceptors (Lipinski definition) is 4. The first-order chi connectivity index (χ1) is 12.8. The molecule has 0 bridgehead atoms. The molecule has 0 spiro atoms. The Morgan fingerprint density at radius 2 is 2.15 bits per heavy atom. The van der Waals surface area contributed by atoms with Crippen LogP contribution in [0.3, 0.4) is 0 Å². The van der Waals surface area contributed by atoms with Crippen LogP contribution in [0, 0.1) is 11.8 Å². The Morgan fingerprint density at radius 3 is 2.78 bits per heavy atom. The average Bonchev–Trinajstić information content (AvgIpc) is 2.66. The maximum atomic E-state index is 12.6. The van der Waals surface area contributed by atoms with Crippen LogP contribution in [0.4, 0.5) is 5.69 Å². The Kier molecular flexibility index (Phi) is 7.47. The predicted octanol–water partition coefficient (Wildman–Crippen LogP) is 3.03. The number of likely N-dealkylation sites (tertiary alicyclic amines) is 1. The molecule has 2 atom stereocenters. The molecule has 1 aromatic rings. The zero-order valence-electron chi connectivity index (χ0n) is 15.5. The summed E-state index contributed by atoms with van der Waals surface area (Å²) in [7, 11) is 0. The zero-order chi connectivity index (χ0) is 20.0. The molecule has 2 rings (SSSR count). The van der Waals surface area contributed by atoms with Gasteiger partial charge in [0, 0.05) is 24.7 Å². The number of rotatable bonds is 7. The second-order valence-electron chi connectivity index (χ2n) is 6.75. The lowest BCUT2D eigenvalue weighted by molar-refractivity contribution is -0.139. The first-order valence-electron chi connectivity index (χ1n) is 9.05. The Bertz CT molecular complexity index is 709. The van der Waals surface area contributed by atoms with E-state index in [-0.39, 0.29) is 34.4 Å². The summed E-state index contributed by atoms with van der Waals surface area (Å²) in [5.41, 5.74) is 0.498. The van der Waals surface area contributed by atoms with Crippen molar-refractivity contribution < 1.29 is 24.2 Å². The van der Waals surface area contributed by atoms with Crippen molar-refractivity contribution in [3.05, 3.63) is 23.2 Å². The van der Waals surface area contributed by atoms with Crippen LogP contribution in [0.1, 0.15) is 33.1 Å². The van der Waals surface area contributed by atoms with E-state index in [1.807, 2.05) is 13.8 Å². The largest absolute Gasteiger partial charge is 0.480 e. The first-order valence-corrected chi connectivity index (χ1v) is 9.43. The van der Waals surface area contributed by atoms with Crippen LogP contribution in [0.5, 0.6) is 5.75 Å². The first kappa shape index (κ1) is 21.0. The topological polar surface area (TPSA) is 95.9 Å². The Labute approximate surface area is 163 Å². The summed E-state index contributed by atoms with van der Waals surface area (Å²) in [6, 6.07) is 4.63. The molecule has 148 valence electrons. The highest BCUT2D eigenvalue weighted by molar-refractivity contribution is 6.32. The molecule has 1 saturated heterocycles. The number of aliphatic carboxylic acids is 1. The fourth-order valence-electron chi connectivity index (χ4n) is 2.96. The second-order valence-corrected chi connectivity index (χ2v) is 7.16. The second kappa shape index (κ2) is 9.60. The number of piperidine rings is 1. The van der Waals surface area contributed by atoms with E-state index in [9.17, 15) is 14.4 Å². The maximum absolute atomic E-state index is 12.6. The summed E-state index contributed by atoms with van der Waals surface area (Å²) in [4.78, 5) is 37.3. The minimum Gasteiger partial charge on any atom is -0.480 e. The van der Waals surface area contributed by atoms with Crippen molar-refractivity contribution in [2.24, 2.45) is 11.8 Å². The monoisotopic (exact) mass is 396 g/mol. The van der Waals surface area contributed by atoms with Gasteiger partial charge in [0.15, 0.2) is 6.61 Å². The Balaban J connectivity index is 1.97. The van der Waals surface area contributed by atoms with Crippen LogP contribution in [-0.4, -0.2) is 47.5 Å². The SMILES string of the molecule is CCC(C)C(=O)N1CCCC(C(=O)Nc2ccc(OCC(=O)O)c(Cl)c2)C1. The molecule has 2 N–H and O–H groups in total. The molecular formula is C19H25ClN2O5. The number of anilines is 1. The molecule has 1 aromatic carbocycles. The highest BCUT2D eigenvalue weighted by Gasteiger charge is 2.30. The summed E-state index contributed by atoms with van der Waals surface area (Å²) in [5.74, 6) is -1.24. The molecule has 27 heavy (non-hydrogen) atoms. The molecule has 0 saturated carbocycles. The van der Waals surface area contributed by atoms with Gasteiger partial charge in [0.1, 0.15) is 5.75 Å². The van der Waals surface area contributed by atoms with Gasteiger partial charge in [-0.15, -0.1) is 0 Å². The Hall–Kier alpha value is -2.28. The van der Waals surface area contributed by atoms with Crippen LogP contribution in [0.2, 0.25) is 5.02 Å². The molecule has 2 amide bonds. The van der Waals surface area contributed by atoms with Crippen molar-refractivity contribution in [1.29, 1.82) is 0 Å². The molecule has 2 unspecified atom stereocenters. The normalized spacial score (nSPS) is 17.9. The van der Waals surface area contributed by atoms with Crippen molar-refractivity contribution in [3.8, 4) is 5.75 Å². The summed E-state index contributed by atoms with van der Waals surface area (Å²) in [5, 5.41) is 11.7. The van der Waals surface area contributed by atoms with E-state index >= 15 is 0 Å². The number of carboxylic acid groups (broad SMARTS) is 1. The molecule has 0 radical (unpaired) electrons. The van der Waals surface area contributed by atoms with Crippen LogP contribution in [0.15, 0.2) is 18.2 Å². The van der Waals surface area contributed by atoms with Gasteiger partial charge in [-0.1, -0.05) is 25.4 Å². The van der Waals surface area contributed by atoms with Gasteiger partial charge in [0.2, 0.25) is 11.8 Å². The van der Waals surface area contributed by atoms with Crippen molar-refractivity contribution in [1.82, 2.24) is 4.90 Å². The summed E-state index contributed by atoms with van der Waals surface area (Å²) in [6.07, 6.45) is 2.30. The molecule has 0 aromatic heterocycles. The summed E-state index contributed by atoms with van der Waals surface area (Å²) in [6.45, 7) is 4.50. The van der Waals surface area contributed by atoms with E-state index < -0.39 is 12.6 Å². The third-order valence-electron chi connectivity index (χ3n) is 4.69. The van der Waals surface area contributed by atoms with Crippen LogP contribution >= 0.6 is 11.6 Å². The third-order valence-corrected chi connectivity index (χ3v) is 4.98. The van der Waals surface area contributed by atoms with Crippen LogP contribution < -0.4 is 10.1 Å². The molecule has 0 aliphatic carbocycles. The number of carboxylic acids is 1. The highest BCUT2D eigenvalue weighted by Crippen LogP contribution is 2.28. The quantitative estimate of drug-likeness (QED) is 0.738. The lowest BCUT2D eigenvalue weighted by Gasteiger charge is -2.33. The summed E-state index contributed by atoms with van der Waals surface area (Å²) < 4.78 is 5.06. The molecule has 1 heterocycles. The standard InChI is InChI=1S/C19H25ClN2O5/c1-3-12(2)19(26)22-8-4-5-13(10-22)18(25)21-14-6-7-16(15(20)9-14)27-11-17(23)24/h6-7,9,12-13H,3-5,8,10-11H2,1-2H3,(H,21,25)(H,23,24). The highest BCUT2D eigenvalue weighted by atomic mass is 35.5. The Morgan fingerprint density at radius 1 is 1.41 bits per heavy atom. The van der Waals surface area contributed by atoms with Crippen LogP contribution in [-0.2, 0) is 14.4 Å². The van der Waals surface area contributed by atoms with Crippen LogP contribution in [0.25, 0.3) is 0 Å². The minimum atomic E-state index is -1.10. The fraction of sp³-hybridized carbons (Fsp3) is 0.526. The molecular weight excluding hydrogens is 372 g/mol. The van der Waals surface area contributed by atoms with Crippen molar-refractivity contribution >= 4 is 35.1 Å². The van der Waals surface area contributed by atoms with E-state index in [1.54, 1.807) is 11.0 Å². The number of amides is 2. The molecule has 1 aliphatic rings. The predicted molar refractivity (Wildman–Crippen MR) is 102 cm³/mol. The van der Waals surface area contributed by atoms with E-state index in [0.29, 0.717) is 18.8 Å². The van der Waals surface area contributed by atoms with Gasteiger partial charge in [-0.05, 0) is 37.5 Å². The van der Waals surface area contributed by atoms with Gasteiger partial charge in [0.25, 0.3) is 0 Å². The molecule has 1 aliphatic heterocycles. The van der Waals surface area contributed by atoms with Crippen molar-refractivity contribution in [3.63, 3.8) is 0 Å². The van der Waals surface area contributed by atoms with E-state index in [4.69, 9.17) is 21.4 Å². The van der Waals surface area contributed by atoms with E-state index in [1.165, 1.54) is 12.1 Å². The van der Waals surface area contributed by atoms with Gasteiger partial charge in [-0.25, -0.2) is 4.79 Å². The van der Waals surface area contributed by atoms with E-state index in [2.05, 4.69) is 5.32 Å². The molecule has 8 heteroatoms.